The molecule has 0 saturated carbocycles. The number of rotatable bonds is 5. The smallest absolute Gasteiger partial charge is 0.315 e. The molecule has 2 heterocycles. The first-order valence-corrected chi connectivity index (χ1v) is 9.01. The van der Waals surface area contributed by atoms with Crippen molar-refractivity contribution in [2.75, 3.05) is 18.0 Å². The lowest BCUT2D eigenvalue weighted by molar-refractivity contribution is 0.237. The monoisotopic (exact) mass is 338 g/mol. The topological polar surface area (TPSA) is 57.3 Å². The SMILES string of the molecule is CC(NC(=O)NCc1ccccc1N1CCCCC1)c1ccncc1. The van der Waals surface area contributed by atoms with Crippen LogP contribution in [0.3, 0.4) is 0 Å². The van der Waals surface area contributed by atoms with Gasteiger partial charge in [0.1, 0.15) is 0 Å². The summed E-state index contributed by atoms with van der Waals surface area (Å²) in [4.78, 5) is 18.7. The highest BCUT2D eigenvalue weighted by Gasteiger charge is 2.15. The van der Waals surface area contributed by atoms with Gasteiger partial charge in [-0.2, -0.15) is 0 Å². The Kier molecular flexibility index (Phi) is 5.88. The average molecular weight is 338 g/mol. The van der Waals surface area contributed by atoms with Gasteiger partial charge in [-0.25, -0.2) is 4.79 Å². The highest BCUT2D eigenvalue weighted by Crippen LogP contribution is 2.24. The lowest BCUT2D eigenvalue weighted by Gasteiger charge is -2.30. The maximum Gasteiger partial charge on any atom is 0.315 e. The first kappa shape index (κ1) is 17.3. The molecule has 1 aliphatic heterocycles. The van der Waals surface area contributed by atoms with Gasteiger partial charge < -0.3 is 15.5 Å². The molecule has 0 radical (unpaired) electrons. The molecule has 1 aliphatic rings. The second kappa shape index (κ2) is 8.51. The van der Waals surface area contributed by atoms with Crippen LogP contribution in [0.2, 0.25) is 0 Å². The van der Waals surface area contributed by atoms with Crippen LogP contribution in [0.1, 0.15) is 43.4 Å². The van der Waals surface area contributed by atoms with E-state index in [1.54, 1.807) is 12.4 Å². The van der Waals surface area contributed by atoms with Gasteiger partial charge in [-0.3, -0.25) is 4.98 Å². The van der Waals surface area contributed by atoms with Gasteiger partial charge in [0.2, 0.25) is 0 Å². The van der Waals surface area contributed by atoms with Crippen LogP contribution in [0.5, 0.6) is 0 Å². The Bertz CT molecular complexity index is 683. The average Bonchev–Trinajstić information content (AvgIpc) is 2.68. The zero-order chi connectivity index (χ0) is 17.5. The summed E-state index contributed by atoms with van der Waals surface area (Å²) in [6.07, 6.45) is 7.27. The van der Waals surface area contributed by atoms with Crippen molar-refractivity contribution in [3.8, 4) is 0 Å². The second-order valence-corrected chi connectivity index (χ2v) is 6.51. The molecule has 0 bridgehead atoms. The molecule has 0 aliphatic carbocycles. The molecule has 5 heteroatoms. The largest absolute Gasteiger partial charge is 0.371 e. The number of aromatic nitrogens is 1. The molecule has 1 aromatic carbocycles. The number of para-hydroxylation sites is 1. The minimum absolute atomic E-state index is 0.0552. The Hall–Kier alpha value is -2.56. The van der Waals surface area contributed by atoms with Gasteiger partial charge in [0.05, 0.1) is 6.04 Å². The molecule has 1 fully saturated rings. The maximum atomic E-state index is 12.2. The predicted octanol–water partition coefficient (Wildman–Crippen LogP) is 3.63. The number of urea groups is 1. The third-order valence-electron chi connectivity index (χ3n) is 4.68. The molecule has 2 aromatic rings. The number of amides is 2. The van der Waals surface area contributed by atoms with E-state index >= 15 is 0 Å². The Balaban J connectivity index is 1.57. The summed E-state index contributed by atoms with van der Waals surface area (Å²) in [5, 5.41) is 5.96. The summed E-state index contributed by atoms with van der Waals surface area (Å²) in [5.74, 6) is 0. The number of nitrogens with zero attached hydrogens (tertiary/aromatic N) is 2. The number of hydrogen-bond acceptors (Lipinski definition) is 3. The Morgan fingerprint density at radius 2 is 1.84 bits per heavy atom. The van der Waals surface area contributed by atoms with Crippen LogP contribution in [0.15, 0.2) is 48.8 Å². The highest BCUT2D eigenvalue weighted by molar-refractivity contribution is 5.74. The van der Waals surface area contributed by atoms with E-state index < -0.39 is 0 Å². The van der Waals surface area contributed by atoms with E-state index in [2.05, 4.69) is 38.7 Å². The summed E-state index contributed by atoms with van der Waals surface area (Å²) < 4.78 is 0. The summed E-state index contributed by atoms with van der Waals surface area (Å²) in [5.41, 5.74) is 3.44. The summed E-state index contributed by atoms with van der Waals surface area (Å²) in [7, 11) is 0. The minimum Gasteiger partial charge on any atom is -0.371 e. The van der Waals surface area contributed by atoms with Gasteiger partial charge in [-0.1, -0.05) is 18.2 Å². The van der Waals surface area contributed by atoms with Crippen LogP contribution in [0, 0.1) is 0 Å². The Morgan fingerprint density at radius 1 is 1.12 bits per heavy atom. The lowest BCUT2D eigenvalue weighted by Crippen LogP contribution is -2.37. The number of nitrogens with one attached hydrogen (secondary N) is 2. The van der Waals surface area contributed by atoms with Crippen molar-refractivity contribution in [3.63, 3.8) is 0 Å². The number of benzene rings is 1. The molecule has 5 nitrogen and oxygen atoms in total. The van der Waals surface area contributed by atoms with Gasteiger partial charge in [-0.15, -0.1) is 0 Å². The Morgan fingerprint density at radius 3 is 2.60 bits per heavy atom. The third kappa shape index (κ3) is 4.72. The molecule has 1 unspecified atom stereocenters. The molecule has 1 aromatic heterocycles. The van der Waals surface area contributed by atoms with Gasteiger partial charge in [0.25, 0.3) is 0 Å². The summed E-state index contributed by atoms with van der Waals surface area (Å²) in [6, 6.07) is 12.0. The number of piperidine rings is 1. The van der Waals surface area contributed by atoms with Crippen LogP contribution in [0.25, 0.3) is 0 Å². The normalized spacial score (nSPS) is 15.5. The minimum atomic E-state index is -0.155. The molecule has 0 spiro atoms. The third-order valence-corrected chi connectivity index (χ3v) is 4.68. The molecule has 2 amide bonds. The molecular weight excluding hydrogens is 312 g/mol. The van der Waals surface area contributed by atoms with Crippen LogP contribution in [-0.2, 0) is 6.54 Å². The first-order chi connectivity index (χ1) is 12.2. The molecular formula is C20H26N4O. The van der Waals surface area contributed by atoms with Crippen molar-refractivity contribution in [3.05, 3.63) is 59.9 Å². The predicted molar refractivity (Wildman–Crippen MR) is 101 cm³/mol. The molecule has 2 N–H and O–H groups in total. The summed E-state index contributed by atoms with van der Waals surface area (Å²) in [6.45, 7) is 4.70. The first-order valence-electron chi connectivity index (χ1n) is 9.01. The summed E-state index contributed by atoms with van der Waals surface area (Å²) >= 11 is 0. The van der Waals surface area contributed by atoms with E-state index in [0.29, 0.717) is 6.54 Å². The van der Waals surface area contributed by atoms with Crippen molar-refractivity contribution in [1.82, 2.24) is 15.6 Å². The van der Waals surface area contributed by atoms with Gasteiger partial charge >= 0.3 is 6.03 Å². The van der Waals surface area contributed by atoms with Crippen LogP contribution in [-0.4, -0.2) is 24.1 Å². The van der Waals surface area contributed by atoms with E-state index in [-0.39, 0.29) is 12.1 Å². The van der Waals surface area contributed by atoms with Crippen molar-refractivity contribution >= 4 is 11.7 Å². The standard InChI is InChI=1S/C20H26N4O/c1-16(17-9-11-21-12-10-17)23-20(25)22-15-18-7-3-4-8-19(18)24-13-5-2-6-14-24/h3-4,7-12,16H,2,5-6,13-15H2,1H3,(H2,22,23,25). The van der Waals surface area contributed by atoms with Crippen LogP contribution in [0.4, 0.5) is 10.5 Å². The van der Waals surface area contributed by atoms with Gasteiger partial charge in [0, 0.05) is 37.7 Å². The molecule has 132 valence electrons. The van der Waals surface area contributed by atoms with Crippen LogP contribution >= 0.6 is 0 Å². The van der Waals surface area contributed by atoms with Gasteiger partial charge in [-0.05, 0) is 55.5 Å². The number of carbonyl (C=O) groups is 1. The zero-order valence-electron chi connectivity index (χ0n) is 14.7. The fraction of sp³-hybridized carbons (Fsp3) is 0.400. The molecule has 25 heavy (non-hydrogen) atoms. The van der Waals surface area contributed by atoms with Crippen molar-refractivity contribution in [2.45, 2.75) is 38.8 Å². The molecule has 1 saturated heterocycles. The van der Waals surface area contributed by atoms with E-state index in [4.69, 9.17) is 0 Å². The van der Waals surface area contributed by atoms with Gasteiger partial charge in [0.15, 0.2) is 0 Å². The number of pyridine rings is 1. The highest BCUT2D eigenvalue weighted by atomic mass is 16.2. The zero-order valence-corrected chi connectivity index (χ0v) is 14.7. The van der Waals surface area contributed by atoms with Crippen molar-refractivity contribution < 1.29 is 4.79 Å². The van der Waals surface area contributed by atoms with E-state index in [9.17, 15) is 4.79 Å². The van der Waals surface area contributed by atoms with Crippen LogP contribution < -0.4 is 15.5 Å². The fourth-order valence-corrected chi connectivity index (χ4v) is 3.26. The van der Waals surface area contributed by atoms with E-state index in [1.807, 2.05) is 25.1 Å². The number of anilines is 1. The number of carbonyl (C=O) groups excluding carboxylic acids is 1. The Labute approximate surface area is 149 Å². The second-order valence-electron chi connectivity index (χ2n) is 6.51. The molecule has 1 atom stereocenters. The fourth-order valence-electron chi connectivity index (χ4n) is 3.26. The van der Waals surface area contributed by atoms with E-state index in [0.717, 1.165) is 24.2 Å². The molecule has 3 rings (SSSR count). The quantitative estimate of drug-likeness (QED) is 0.875. The van der Waals surface area contributed by atoms with E-state index in [1.165, 1.54) is 24.9 Å². The number of hydrogen-bond donors (Lipinski definition) is 2. The van der Waals surface area contributed by atoms with Crippen molar-refractivity contribution in [2.24, 2.45) is 0 Å². The van der Waals surface area contributed by atoms with Crippen molar-refractivity contribution in [1.29, 1.82) is 0 Å². The lowest BCUT2D eigenvalue weighted by atomic mass is 10.1. The maximum absolute atomic E-state index is 12.2.